The highest BCUT2D eigenvalue weighted by molar-refractivity contribution is 7.80. The second kappa shape index (κ2) is 8.30. The van der Waals surface area contributed by atoms with Crippen molar-refractivity contribution in [3.05, 3.63) is 0 Å². The van der Waals surface area contributed by atoms with E-state index in [4.69, 9.17) is 9.39 Å². The van der Waals surface area contributed by atoms with Crippen LogP contribution in [0.1, 0.15) is 46.0 Å². The Hall–Kier alpha value is -1.43. The minimum absolute atomic E-state index is 0.152. The zero-order chi connectivity index (χ0) is 18.6. The van der Waals surface area contributed by atoms with Gasteiger partial charge in [0.1, 0.15) is 6.04 Å². The molecule has 0 spiro atoms. The van der Waals surface area contributed by atoms with Crippen LogP contribution in [0.2, 0.25) is 0 Å². The highest BCUT2D eigenvalue weighted by Crippen LogP contribution is 2.30. The summed E-state index contributed by atoms with van der Waals surface area (Å²) in [4.78, 5) is 30.9. The third-order valence-electron chi connectivity index (χ3n) is 4.39. The number of hydrogen-bond acceptors (Lipinski definition) is 6. The average Bonchev–Trinajstić information content (AvgIpc) is 2.76. The summed E-state index contributed by atoms with van der Waals surface area (Å²) in [6.45, 7) is 4.67. The first-order valence-corrected chi connectivity index (χ1v) is 9.78. The molecule has 0 aromatic carbocycles. The normalized spacial score (nSPS) is 24.5. The van der Waals surface area contributed by atoms with Crippen molar-refractivity contribution in [2.45, 2.75) is 58.0 Å². The van der Waals surface area contributed by atoms with Crippen LogP contribution in [0.3, 0.4) is 0 Å². The van der Waals surface area contributed by atoms with Gasteiger partial charge in [-0.2, -0.15) is 13.5 Å². The number of hydrogen-bond donors (Lipinski definition) is 2. The summed E-state index contributed by atoms with van der Waals surface area (Å²) in [5.74, 6) is -0.147. The summed E-state index contributed by atoms with van der Waals surface area (Å²) >= 11 is 0. The molecule has 2 N–H and O–H groups in total. The largest absolute Gasteiger partial charge is 0.418 e. The van der Waals surface area contributed by atoms with E-state index in [1.54, 1.807) is 0 Å². The molecule has 1 unspecified atom stereocenters. The number of unbranched alkanes of at least 4 members (excludes halogenated alkanes) is 1. The van der Waals surface area contributed by atoms with Gasteiger partial charge in [-0.3, -0.25) is 14.2 Å². The Kier molecular flexibility index (Phi) is 6.60. The summed E-state index contributed by atoms with van der Waals surface area (Å²) in [6.07, 6.45) is 3.92. The summed E-state index contributed by atoms with van der Waals surface area (Å²) in [6, 6.07) is -2.05. The van der Waals surface area contributed by atoms with E-state index >= 15 is 0 Å². The fourth-order valence-electron chi connectivity index (χ4n) is 3.06. The van der Waals surface area contributed by atoms with Gasteiger partial charge in [0, 0.05) is 6.54 Å². The van der Waals surface area contributed by atoms with Gasteiger partial charge in [0.25, 0.3) is 5.91 Å². The van der Waals surface area contributed by atoms with Gasteiger partial charge in [-0.15, -0.1) is 4.28 Å². The standard InChI is InChI=1S/C14H25N3O7S/c1-3-4-5-10(2)9-23-15-13(18)12-7-6-11-8-16(12)14(19)17(11)24-25(20,21)22/h10-12H,3-9H2,1-2H3,(H,15,18)(H,20,21,22)/t10?,11-,12+/m1/s1. The number of rotatable bonds is 9. The van der Waals surface area contributed by atoms with Crippen LogP contribution < -0.4 is 5.48 Å². The lowest BCUT2D eigenvalue weighted by atomic mass is 10.0. The van der Waals surface area contributed by atoms with Crippen LogP contribution in [0.15, 0.2) is 0 Å². The predicted octanol–water partition coefficient (Wildman–Crippen LogP) is 0.864. The number of carbonyl (C=O) groups excluding carboxylic acids is 2. The molecule has 2 fully saturated rings. The topological polar surface area (TPSA) is 125 Å². The van der Waals surface area contributed by atoms with Crippen LogP contribution in [0, 0.1) is 5.92 Å². The molecule has 10 nitrogen and oxygen atoms in total. The van der Waals surface area contributed by atoms with Crippen LogP contribution in [-0.4, -0.2) is 60.1 Å². The fraction of sp³-hybridized carbons (Fsp3) is 0.857. The molecule has 0 radical (unpaired) electrons. The molecular formula is C14H25N3O7S. The van der Waals surface area contributed by atoms with Crippen LogP contribution in [0.5, 0.6) is 0 Å². The lowest BCUT2D eigenvalue weighted by Crippen LogP contribution is -2.49. The Bertz CT molecular complexity index is 597. The van der Waals surface area contributed by atoms with Crippen molar-refractivity contribution in [1.29, 1.82) is 0 Å². The van der Waals surface area contributed by atoms with Crippen LogP contribution in [0.4, 0.5) is 4.79 Å². The van der Waals surface area contributed by atoms with Gasteiger partial charge >= 0.3 is 16.4 Å². The van der Waals surface area contributed by atoms with E-state index in [1.807, 2.05) is 6.92 Å². The number of amides is 3. The van der Waals surface area contributed by atoms with E-state index in [-0.39, 0.29) is 6.54 Å². The molecule has 3 atom stereocenters. The molecule has 2 rings (SSSR count). The molecule has 2 bridgehead atoms. The molecule has 3 amide bonds. The molecule has 0 aliphatic carbocycles. The maximum Gasteiger partial charge on any atom is 0.418 e. The molecule has 25 heavy (non-hydrogen) atoms. The molecule has 2 saturated heterocycles. The van der Waals surface area contributed by atoms with Gasteiger partial charge in [0.2, 0.25) is 0 Å². The highest BCUT2D eigenvalue weighted by Gasteiger charge is 2.49. The van der Waals surface area contributed by atoms with Crippen molar-refractivity contribution >= 4 is 22.3 Å². The lowest BCUT2D eigenvalue weighted by Gasteiger charge is -2.29. The number of nitrogens with zero attached hydrogens (tertiary/aromatic N) is 2. The maximum absolute atomic E-state index is 12.3. The SMILES string of the molecule is CCCCC(C)CONC(=O)[C@@H]1CC[C@@H]2CN1C(=O)N2OS(=O)(=O)O. The summed E-state index contributed by atoms with van der Waals surface area (Å²) < 4.78 is 34.7. The van der Waals surface area contributed by atoms with Crippen LogP contribution in [0.25, 0.3) is 0 Å². The van der Waals surface area contributed by atoms with E-state index in [9.17, 15) is 18.0 Å². The van der Waals surface area contributed by atoms with Gasteiger partial charge in [-0.1, -0.05) is 26.7 Å². The molecule has 2 aliphatic rings. The van der Waals surface area contributed by atoms with Crippen molar-refractivity contribution < 1.29 is 31.7 Å². The average molecular weight is 379 g/mol. The summed E-state index contributed by atoms with van der Waals surface area (Å²) in [5.41, 5.74) is 2.37. The maximum atomic E-state index is 12.3. The lowest BCUT2D eigenvalue weighted by molar-refractivity contribution is -0.139. The van der Waals surface area contributed by atoms with Crippen molar-refractivity contribution in [2.75, 3.05) is 13.2 Å². The highest BCUT2D eigenvalue weighted by atomic mass is 32.3. The smallest absolute Gasteiger partial charge is 0.309 e. The Morgan fingerprint density at radius 3 is 2.80 bits per heavy atom. The Balaban J connectivity index is 1.85. The molecule has 144 valence electrons. The van der Waals surface area contributed by atoms with Gasteiger partial charge in [-0.25, -0.2) is 10.3 Å². The molecule has 0 saturated carbocycles. The zero-order valence-electron chi connectivity index (χ0n) is 14.4. The zero-order valence-corrected chi connectivity index (χ0v) is 15.2. The van der Waals surface area contributed by atoms with E-state index in [0.29, 0.717) is 30.4 Å². The van der Waals surface area contributed by atoms with Crippen LogP contribution in [-0.2, 0) is 24.3 Å². The van der Waals surface area contributed by atoms with Gasteiger partial charge in [0.15, 0.2) is 0 Å². The van der Waals surface area contributed by atoms with Crippen molar-refractivity contribution in [3.63, 3.8) is 0 Å². The molecule has 0 aromatic heterocycles. The van der Waals surface area contributed by atoms with Gasteiger partial charge in [-0.05, 0) is 25.2 Å². The van der Waals surface area contributed by atoms with E-state index in [0.717, 1.165) is 19.3 Å². The van der Waals surface area contributed by atoms with Crippen LogP contribution >= 0.6 is 0 Å². The minimum atomic E-state index is -4.80. The molecule has 2 heterocycles. The summed E-state index contributed by atoms with van der Waals surface area (Å²) in [7, 11) is -4.80. The Morgan fingerprint density at radius 1 is 1.44 bits per heavy atom. The molecule has 0 aromatic rings. The molecule has 2 aliphatic heterocycles. The third kappa shape index (κ3) is 5.27. The first-order chi connectivity index (χ1) is 11.7. The van der Waals surface area contributed by atoms with Gasteiger partial charge in [0.05, 0.1) is 12.6 Å². The van der Waals surface area contributed by atoms with E-state index in [1.165, 1.54) is 4.90 Å². The minimum Gasteiger partial charge on any atom is -0.309 e. The third-order valence-corrected chi connectivity index (χ3v) is 4.74. The van der Waals surface area contributed by atoms with Crippen molar-refractivity contribution in [3.8, 4) is 0 Å². The second-order valence-electron chi connectivity index (χ2n) is 6.53. The number of carbonyl (C=O) groups is 2. The Morgan fingerprint density at radius 2 is 2.16 bits per heavy atom. The van der Waals surface area contributed by atoms with Gasteiger partial charge < -0.3 is 4.90 Å². The predicted molar refractivity (Wildman–Crippen MR) is 86.2 cm³/mol. The number of nitrogens with one attached hydrogen (secondary N) is 1. The molecule has 11 heteroatoms. The number of piperidine rings is 1. The second-order valence-corrected chi connectivity index (χ2v) is 7.54. The quantitative estimate of drug-likeness (QED) is 0.449. The van der Waals surface area contributed by atoms with E-state index in [2.05, 4.69) is 16.7 Å². The first-order valence-electron chi connectivity index (χ1n) is 8.41. The van der Waals surface area contributed by atoms with E-state index < -0.39 is 34.4 Å². The van der Waals surface area contributed by atoms with Crippen molar-refractivity contribution in [2.24, 2.45) is 5.92 Å². The number of urea groups is 1. The molecular weight excluding hydrogens is 354 g/mol. The Labute approximate surface area is 147 Å². The number of hydroxylamine groups is 3. The monoisotopic (exact) mass is 379 g/mol. The number of fused-ring (bicyclic) bond motifs is 2. The summed E-state index contributed by atoms with van der Waals surface area (Å²) in [5, 5.41) is 0.607. The fourth-order valence-corrected chi connectivity index (χ4v) is 3.45. The van der Waals surface area contributed by atoms with Crippen molar-refractivity contribution in [1.82, 2.24) is 15.4 Å². The first kappa shape index (κ1) is 19.9.